The second kappa shape index (κ2) is 8.49. The summed E-state index contributed by atoms with van der Waals surface area (Å²) in [4.78, 5) is 13.8. The van der Waals surface area contributed by atoms with E-state index in [1.807, 2.05) is 6.07 Å². The number of aryl methyl sites for hydroxylation is 2. The first-order valence-electron chi connectivity index (χ1n) is 10.0. The molecule has 1 aliphatic heterocycles. The fourth-order valence-electron chi connectivity index (χ4n) is 3.45. The van der Waals surface area contributed by atoms with E-state index in [0.29, 0.717) is 5.95 Å². The van der Waals surface area contributed by atoms with E-state index < -0.39 is 0 Å². The Bertz CT molecular complexity index is 961. The topological polar surface area (TPSA) is 56.3 Å². The van der Waals surface area contributed by atoms with Crippen LogP contribution in [0, 0.1) is 13.8 Å². The van der Waals surface area contributed by atoms with Gasteiger partial charge in [-0.1, -0.05) is 12.1 Å². The zero-order chi connectivity index (χ0) is 20.2. The average molecular weight is 389 g/mol. The number of nitrogens with zero attached hydrogens (tertiary/aromatic N) is 4. The van der Waals surface area contributed by atoms with E-state index in [4.69, 9.17) is 0 Å². The van der Waals surface area contributed by atoms with E-state index in [0.717, 1.165) is 43.4 Å². The predicted molar refractivity (Wildman–Crippen MR) is 121 cm³/mol. The molecule has 0 aliphatic carbocycles. The number of hydrogen-bond acceptors (Lipinski definition) is 6. The van der Waals surface area contributed by atoms with Gasteiger partial charge in [-0.15, -0.1) is 0 Å². The van der Waals surface area contributed by atoms with Crippen LogP contribution < -0.4 is 15.5 Å². The Kier molecular flexibility index (Phi) is 5.62. The standard InChI is InChI=1S/C23H28N6/c1-17-4-5-18(2)21(16-17)26-22-10-11-24-23(27-22)25-19-6-8-20(9-7-19)29-14-12-28(3)13-15-29/h4-11,16H,12-15H2,1-3H3,(H2,24,25,26,27). The highest BCUT2D eigenvalue weighted by atomic mass is 15.2. The quantitative estimate of drug-likeness (QED) is 0.678. The zero-order valence-corrected chi connectivity index (χ0v) is 17.3. The maximum Gasteiger partial charge on any atom is 0.229 e. The van der Waals surface area contributed by atoms with Crippen molar-refractivity contribution >= 4 is 28.8 Å². The molecule has 1 aliphatic rings. The Balaban J connectivity index is 1.43. The maximum absolute atomic E-state index is 4.61. The molecule has 0 spiro atoms. The van der Waals surface area contributed by atoms with Crippen molar-refractivity contribution in [2.75, 3.05) is 48.8 Å². The van der Waals surface area contributed by atoms with Gasteiger partial charge in [0, 0.05) is 49.4 Å². The predicted octanol–water partition coefficient (Wildman–Crippen LogP) is 4.33. The number of nitrogens with one attached hydrogen (secondary N) is 2. The molecule has 0 saturated carbocycles. The van der Waals surface area contributed by atoms with Gasteiger partial charge in [-0.25, -0.2) is 4.98 Å². The third kappa shape index (κ3) is 4.84. The van der Waals surface area contributed by atoms with Crippen molar-refractivity contribution < 1.29 is 0 Å². The minimum Gasteiger partial charge on any atom is -0.369 e. The summed E-state index contributed by atoms with van der Waals surface area (Å²) >= 11 is 0. The molecule has 1 fully saturated rings. The van der Waals surface area contributed by atoms with Crippen molar-refractivity contribution in [2.45, 2.75) is 13.8 Å². The van der Waals surface area contributed by atoms with Crippen molar-refractivity contribution in [1.82, 2.24) is 14.9 Å². The molecule has 150 valence electrons. The van der Waals surface area contributed by atoms with Crippen molar-refractivity contribution in [3.8, 4) is 0 Å². The first-order valence-corrected chi connectivity index (χ1v) is 10.0. The number of aromatic nitrogens is 2. The van der Waals surface area contributed by atoms with E-state index in [1.165, 1.54) is 16.8 Å². The number of anilines is 5. The number of piperazine rings is 1. The summed E-state index contributed by atoms with van der Waals surface area (Å²) in [5.74, 6) is 1.35. The monoisotopic (exact) mass is 388 g/mol. The second-order valence-corrected chi connectivity index (χ2v) is 7.67. The lowest BCUT2D eigenvalue weighted by atomic mass is 10.1. The fourth-order valence-corrected chi connectivity index (χ4v) is 3.45. The highest BCUT2D eigenvalue weighted by Gasteiger charge is 2.14. The molecule has 0 atom stereocenters. The molecule has 0 unspecified atom stereocenters. The number of likely N-dealkylation sites (N-methyl/N-ethyl adjacent to an activating group) is 1. The van der Waals surface area contributed by atoms with Gasteiger partial charge in [0.25, 0.3) is 0 Å². The Morgan fingerprint density at radius 3 is 2.38 bits per heavy atom. The lowest BCUT2D eigenvalue weighted by Crippen LogP contribution is -2.44. The SMILES string of the molecule is Cc1ccc(C)c(Nc2ccnc(Nc3ccc(N4CCN(C)CC4)cc3)n2)c1. The Labute approximate surface area is 172 Å². The van der Waals surface area contributed by atoms with Crippen molar-refractivity contribution in [3.05, 3.63) is 65.9 Å². The molecule has 2 aromatic carbocycles. The Morgan fingerprint density at radius 2 is 1.62 bits per heavy atom. The highest BCUT2D eigenvalue weighted by Crippen LogP contribution is 2.23. The van der Waals surface area contributed by atoms with Crippen LogP contribution in [0.25, 0.3) is 0 Å². The van der Waals surface area contributed by atoms with Crippen LogP contribution in [0.1, 0.15) is 11.1 Å². The van der Waals surface area contributed by atoms with Crippen LogP contribution in [0.15, 0.2) is 54.7 Å². The third-order valence-corrected chi connectivity index (χ3v) is 5.30. The summed E-state index contributed by atoms with van der Waals surface area (Å²) in [5, 5.41) is 6.70. The van der Waals surface area contributed by atoms with Gasteiger partial charge in [0.15, 0.2) is 0 Å². The van der Waals surface area contributed by atoms with Crippen LogP contribution >= 0.6 is 0 Å². The number of benzene rings is 2. The molecule has 2 heterocycles. The molecule has 0 radical (unpaired) electrons. The van der Waals surface area contributed by atoms with Gasteiger partial charge in [-0.3, -0.25) is 0 Å². The van der Waals surface area contributed by atoms with Gasteiger partial charge in [0.2, 0.25) is 5.95 Å². The van der Waals surface area contributed by atoms with Gasteiger partial charge < -0.3 is 20.4 Å². The van der Waals surface area contributed by atoms with Crippen molar-refractivity contribution in [3.63, 3.8) is 0 Å². The molecular weight excluding hydrogens is 360 g/mol. The van der Waals surface area contributed by atoms with E-state index in [9.17, 15) is 0 Å². The molecule has 29 heavy (non-hydrogen) atoms. The van der Waals surface area contributed by atoms with Crippen LogP contribution in [0.5, 0.6) is 0 Å². The largest absolute Gasteiger partial charge is 0.369 e. The van der Waals surface area contributed by atoms with Crippen LogP contribution in [-0.4, -0.2) is 48.1 Å². The summed E-state index contributed by atoms with van der Waals surface area (Å²) in [6.07, 6.45) is 1.77. The van der Waals surface area contributed by atoms with Gasteiger partial charge >= 0.3 is 0 Å². The molecule has 0 amide bonds. The van der Waals surface area contributed by atoms with E-state index in [-0.39, 0.29) is 0 Å². The molecule has 1 saturated heterocycles. The van der Waals surface area contributed by atoms with Gasteiger partial charge in [0.1, 0.15) is 5.82 Å². The number of hydrogen-bond donors (Lipinski definition) is 2. The van der Waals surface area contributed by atoms with E-state index in [2.05, 4.69) is 93.8 Å². The molecule has 6 heteroatoms. The van der Waals surface area contributed by atoms with Crippen LogP contribution in [0.3, 0.4) is 0 Å². The molecular formula is C23H28N6. The molecule has 1 aromatic heterocycles. The zero-order valence-electron chi connectivity index (χ0n) is 17.3. The third-order valence-electron chi connectivity index (χ3n) is 5.30. The smallest absolute Gasteiger partial charge is 0.229 e. The molecule has 6 nitrogen and oxygen atoms in total. The first-order chi connectivity index (χ1) is 14.1. The first kappa shape index (κ1) is 19.2. The van der Waals surface area contributed by atoms with Gasteiger partial charge in [-0.05, 0) is 68.4 Å². The summed E-state index contributed by atoms with van der Waals surface area (Å²) < 4.78 is 0. The highest BCUT2D eigenvalue weighted by molar-refractivity contribution is 5.64. The summed E-state index contributed by atoms with van der Waals surface area (Å²) in [6, 6.07) is 16.7. The minimum absolute atomic E-state index is 0.577. The van der Waals surface area contributed by atoms with Crippen LogP contribution in [0.4, 0.5) is 28.8 Å². The van der Waals surface area contributed by atoms with E-state index in [1.54, 1.807) is 6.20 Å². The maximum atomic E-state index is 4.61. The minimum atomic E-state index is 0.577. The van der Waals surface area contributed by atoms with E-state index >= 15 is 0 Å². The Morgan fingerprint density at radius 1 is 0.862 bits per heavy atom. The number of rotatable bonds is 5. The molecule has 0 bridgehead atoms. The van der Waals surface area contributed by atoms with Crippen molar-refractivity contribution in [2.24, 2.45) is 0 Å². The summed E-state index contributed by atoms with van der Waals surface area (Å²) in [6.45, 7) is 8.52. The molecule has 2 N–H and O–H groups in total. The molecule has 3 aromatic rings. The average Bonchev–Trinajstić information content (AvgIpc) is 2.72. The lowest BCUT2D eigenvalue weighted by Gasteiger charge is -2.34. The van der Waals surface area contributed by atoms with Crippen molar-refractivity contribution in [1.29, 1.82) is 0 Å². The Hall–Kier alpha value is -3.12. The fraction of sp³-hybridized carbons (Fsp3) is 0.304. The summed E-state index contributed by atoms with van der Waals surface area (Å²) in [7, 11) is 2.17. The van der Waals surface area contributed by atoms with Gasteiger partial charge in [0.05, 0.1) is 0 Å². The lowest BCUT2D eigenvalue weighted by molar-refractivity contribution is 0.313. The second-order valence-electron chi connectivity index (χ2n) is 7.67. The summed E-state index contributed by atoms with van der Waals surface area (Å²) in [5.41, 5.74) is 5.70. The molecule has 4 rings (SSSR count). The van der Waals surface area contributed by atoms with Gasteiger partial charge in [-0.2, -0.15) is 4.98 Å². The van der Waals surface area contributed by atoms with Crippen LogP contribution in [-0.2, 0) is 0 Å². The normalized spacial score (nSPS) is 14.7. The van der Waals surface area contributed by atoms with Crippen LogP contribution in [0.2, 0.25) is 0 Å².